The van der Waals surface area contributed by atoms with Gasteiger partial charge < -0.3 is 15.4 Å². The highest BCUT2D eigenvalue weighted by atomic mass is 16.6. The number of hydrazone groups is 1. The molecule has 2 aromatic heterocycles. The first kappa shape index (κ1) is 21.4. The van der Waals surface area contributed by atoms with Gasteiger partial charge in [-0.15, -0.1) is 5.10 Å². The van der Waals surface area contributed by atoms with Gasteiger partial charge in [0.1, 0.15) is 0 Å². The molecular formula is C19H24N10O3. The van der Waals surface area contributed by atoms with E-state index in [1.165, 1.54) is 4.68 Å². The quantitative estimate of drug-likeness (QED) is 0.376. The van der Waals surface area contributed by atoms with Crippen LogP contribution in [0.3, 0.4) is 0 Å². The van der Waals surface area contributed by atoms with E-state index in [2.05, 4.69) is 40.7 Å². The number of ether oxygens (including phenoxy) is 1. The van der Waals surface area contributed by atoms with E-state index in [9.17, 15) is 4.79 Å². The van der Waals surface area contributed by atoms with Crippen molar-refractivity contribution in [3.05, 3.63) is 41.2 Å². The van der Waals surface area contributed by atoms with Crippen LogP contribution in [0.5, 0.6) is 0 Å². The van der Waals surface area contributed by atoms with E-state index in [0.717, 1.165) is 11.3 Å². The molecule has 13 nitrogen and oxygen atoms in total. The van der Waals surface area contributed by atoms with Crippen molar-refractivity contribution in [2.75, 3.05) is 51.0 Å². The molecule has 4 rings (SSSR count). The van der Waals surface area contributed by atoms with Gasteiger partial charge in [-0.05, 0) is 28.0 Å². The van der Waals surface area contributed by atoms with Gasteiger partial charge in [-0.1, -0.05) is 17.3 Å². The first-order valence-corrected chi connectivity index (χ1v) is 9.97. The SMILES string of the molecule is CN(C)c1ccc(/C=N/NC(=O)c2nnn(-c3nonc3N)c2CN2CCOCC2)cc1. The lowest BCUT2D eigenvalue weighted by molar-refractivity contribution is 0.0332. The molecule has 0 bridgehead atoms. The molecule has 1 aromatic carbocycles. The summed E-state index contributed by atoms with van der Waals surface area (Å²) in [5.74, 6) is -0.288. The molecule has 3 aromatic rings. The van der Waals surface area contributed by atoms with E-state index in [0.29, 0.717) is 38.5 Å². The maximum Gasteiger partial charge on any atom is 0.293 e. The molecule has 13 heteroatoms. The van der Waals surface area contributed by atoms with Crippen molar-refractivity contribution < 1.29 is 14.2 Å². The molecule has 32 heavy (non-hydrogen) atoms. The molecule has 3 N–H and O–H groups in total. The lowest BCUT2D eigenvalue weighted by Crippen LogP contribution is -2.37. The van der Waals surface area contributed by atoms with Crippen molar-refractivity contribution >= 4 is 23.6 Å². The van der Waals surface area contributed by atoms with Crippen LogP contribution in [0.1, 0.15) is 21.7 Å². The summed E-state index contributed by atoms with van der Waals surface area (Å²) in [6.07, 6.45) is 1.56. The number of nitrogen functional groups attached to an aromatic ring is 1. The van der Waals surface area contributed by atoms with E-state index in [1.807, 2.05) is 43.3 Å². The van der Waals surface area contributed by atoms with Gasteiger partial charge in [0.2, 0.25) is 11.6 Å². The maximum atomic E-state index is 12.8. The average Bonchev–Trinajstić information content (AvgIpc) is 3.40. The standard InChI is InChI=1S/C19H24N10O3/c1-27(2)14-5-3-13(4-6-14)11-21-23-19(30)16-15(12-28-7-9-31-10-8-28)29(26-22-16)18-17(20)24-32-25-18/h3-6,11H,7-10,12H2,1-2H3,(H2,20,24)(H,23,30)/b21-11+. The van der Waals surface area contributed by atoms with Crippen LogP contribution >= 0.6 is 0 Å². The van der Waals surface area contributed by atoms with Crippen molar-refractivity contribution in [2.45, 2.75) is 6.54 Å². The minimum Gasteiger partial charge on any atom is -0.379 e. The molecule has 1 aliphatic rings. The summed E-state index contributed by atoms with van der Waals surface area (Å²) in [5.41, 5.74) is 10.8. The van der Waals surface area contributed by atoms with Crippen LogP contribution in [0, 0.1) is 0 Å². The highest BCUT2D eigenvalue weighted by Gasteiger charge is 2.26. The summed E-state index contributed by atoms with van der Waals surface area (Å²) in [5, 5.41) is 19.5. The fourth-order valence-corrected chi connectivity index (χ4v) is 3.18. The van der Waals surface area contributed by atoms with Crippen molar-refractivity contribution in [3.8, 4) is 5.82 Å². The van der Waals surface area contributed by atoms with Crippen LogP contribution in [-0.2, 0) is 11.3 Å². The third-order valence-corrected chi connectivity index (χ3v) is 4.94. The summed E-state index contributed by atoms with van der Waals surface area (Å²) in [6.45, 7) is 3.02. The Hall–Kier alpha value is -3.84. The van der Waals surface area contributed by atoms with Crippen LogP contribution < -0.4 is 16.1 Å². The van der Waals surface area contributed by atoms with E-state index in [-0.39, 0.29) is 17.3 Å². The summed E-state index contributed by atoms with van der Waals surface area (Å²) in [7, 11) is 3.93. The second kappa shape index (κ2) is 9.53. The van der Waals surface area contributed by atoms with Gasteiger partial charge >= 0.3 is 0 Å². The number of nitrogens with zero attached hydrogens (tertiary/aromatic N) is 8. The second-order valence-electron chi connectivity index (χ2n) is 7.34. The molecule has 1 amide bonds. The Balaban J connectivity index is 1.53. The number of carbonyl (C=O) groups excluding carboxylic acids is 1. The smallest absolute Gasteiger partial charge is 0.293 e. The van der Waals surface area contributed by atoms with E-state index < -0.39 is 5.91 Å². The molecule has 168 valence electrons. The van der Waals surface area contributed by atoms with Gasteiger partial charge in [-0.25, -0.2) is 10.1 Å². The van der Waals surface area contributed by atoms with Crippen LogP contribution in [0.15, 0.2) is 34.0 Å². The van der Waals surface area contributed by atoms with Crippen LogP contribution in [-0.4, -0.2) is 82.7 Å². The van der Waals surface area contributed by atoms with Crippen LogP contribution in [0.2, 0.25) is 0 Å². The Morgan fingerprint density at radius 1 is 1.25 bits per heavy atom. The number of morpholine rings is 1. The van der Waals surface area contributed by atoms with Crippen LogP contribution in [0.4, 0.5) is 11.5 Å². The van der Waals surface area contributed by atoms with Crippen molar-refractivity contribution in [2.24, 2.45) is 5.10 Å². The zero-order valence-corrected chi connectivity index (χ0v) is 17.8. The molecule has 0 spiro atoms. The summed E-state index contributed by atoms with van der Waals surface area (Å²) < 4.78 is 11.4. The van der Waals surface area contributed by atoms with E-state index >= 15 is 0 Å². The van der Waals surface area contributed by atoms with Crippen molar-refractivity contribution in [3.63, 3.8) is 0 Å². The first-order chi connectivity index (χ1) is 15.5. The highest BCUT2D eigenvalue weighted by molar-refractivity contribution is 5.94. The largest absolute Gasteiger partial charge is 0.379 e. The third kappa shape index (κ3) is 4.73. The number of hydrogen-bond donors (Lipinski definition) is 2. The van der Waals surface area contributed by atoms with Crippen molar-refractivity contribution in [1.82, 2.24) is 35.6 Å². The predicted molar refractivity (Wildman–Crippen MR) is 116 cm³/mol. The minimum absolute atomic E-state index is 0.0456. The summed E-state index contributed by atoms with van der Waals surface area (Å²) >= 11 is 0. The fourth-order valence-electron chi connectivity index (χ4n) is 3.18. The first-order valence-electron chi connectivity index (χ1n) is 9.97. The van der Waals surface area contributed by atoms with Crippen LogP contribution in [0.25, 0.3) is 5.82 Å². The Morgan fingerprint density at radius 3 is 2.66 bits per heavy atom. The lowest BCUT2D eigenvalue weighted by Gasteiger charge is -2.26. The molecule has 1 saturated heterocycles. The van der Waals surface area contributed by atoms with Gasteiger partial charge in [0.15, 0.2) is 5.69 Å². The third-order valence-electron chi connectivity index (χ3n) is 4.94. The highest BCUT2D eigenvalue weighted by Crippen LogP contribution is 2.18. The number of nitrogens with one attached hydrogen (secondary N) is 1. The number of rotatable bonds is 7. The Labute approximate surface area is 183 Å². The Kier molecular flexibility index (Phi) is 6.37. The Morgan fingerprint density at radius 2 is 2.00 bits per heavy atom. The average molecular weight is 440 g/mol. The number of nitrogens with two attached hydrogens (primary N) is 1. The molecule has 0 radical (unpaired) electrons. The second-order valence-corrected chi connectivity index (χ2v) is 7.34. The Bertz CT molecular complexity index is 1080. The van der Waals surface area contributed by atoms with Crippen molar-refractivity contribution in [1.29, 1.82) is 0 Å². The zero-order valence-electron chi connectivity index (χ0n) is 17.8. The fraction of sp³-hybridized carbons (Fsp3) is 0.368. The van der Waals surface area contributed by atoms with E-state index in [1.54, 1.807) is 6.21 Å². The topological polar surface area (TPSA) is 153 Å². The lowest BCUT2D eigenvalue weighted by atomic mass is 10.2. The van der Waals surface area contributed by atoms with Gasteiger partial charge in [0, 0.05) is 39.4 Å². The molecule has 0 atom stereocenters. The van der Waals surface area contributed by atoms with E-state index in [4.69, 9.17) is 10.5 Å². The number of aromatic nitrogens is 5. The number of amides is 1. The summed E-state index contributed by atoms with van der Waals surface area (Å²) in [6, 6.07) is 7.74. The van der Waals surface area contributed by atoms with Gasteiger partial charge in [-0.3, -0.25) is 9.69 Å². The molecule has 0 aliphatic carbocycles. The van der Waals surface area contributed by atoms with Gasteiger partial charge in [0.25, 0.3) is 5.91 Å². The number of carbonyl (C=O) groups is 1. The normalized spacial score (nSPS) is 14.7. The molecular weight excluding hydrogens is 416 g/mol. The summed E-state index contributed by atoms with van der Waals surface area (Å²) in [4.78, 5) is 16.9. The number of benzene rings is 1. The van der Waals surface area contributed by atoms with Gasteiger partial charge in [0.05, 0.1) is 25.1 Å². The maximum absolute atomic E-state index is 12.8. The van der Waals surface area contributed by atoms with Gasteiger partial charge in [-0.2, -0.15) is 9.78 Å². The molecule has 0 saturated carbocycles. The molecule has 1 aliphatic heterocycles. The molecule has 3 heterocycles. The molecule has 1 fully saturated rings. The molecule has 0 unspecified atom stereocenters. The number of hydrogen-bond acceptors (Lipinski definition) is 11. The minimum atomic E-state index is -0.504. The predicted octanol–water partition coefficient (Wildman–Crippen LogP) is -0.105. The zero-order chi connectivity index (χ0) is 22.5. The number of anilines is 2. The monoisotopic (exact) mass is 440 g/mol.